The van der Waals surface area contributed by atoms with Crippen LogP contribution in [0.25, 0.3) is 0 Å². The van der Waals surface area contributed by atoms with Crippen LogP contribution in [0.2, 0.25) is 0 Å². The third-order valence-electron chi connectivity index (χ3n) is 4.45. The van der Waals surface area contributed by atoms with Crippen LogP contribution in [0.5, 0.6) is 0 Å². The maximum absolute atomic E-state index is 4.31. The molecule has 0 bridgehead atoms. The first-order valence-corrected chi connectivity index (χ1v) is 7.84. The van der Waals surface area contributed by atoms with Gasteiger partial charge in [0.15, 0.2) is 0 Å². The summed E-state index contributed by atoms with van der Waals surface area (Å²) in [5.74, 6) is 3.06. The molecule has 2 aromatic rings. The van der Waals surface area contributed by atoms with Gasteiger partial charge in [-0.15, -0.1) is 21.5 Å². The predicted octanol–water partition coefficient (Wildman–Crippen LogP) is 2.27. The van der Waals surface area contributed by atoms with Gasteiger partial charge in [0, 0.05) is 30.9 Å². The van der Waals surface area contributed by atoms with Crippen LogP contribution in [0.1, 0.15) is 29.0 Å². The molecule has 2 aromatic heterocycles. The van der Waals surface area contributed by atoms with Crippen molar-refractivity contribution in [2.24, 2.45) is 5.92 Å². The minimum Gasteiger partial charge on any atom is -0.310 e. The molecule has 4 heterocycles. The molecule has 0 unspecified atom stereocenters. The van der Waals surface area contributed by atoms with Crippen LogP contribution >= 0.6 is 11.3 Å². The molecule has 100 valence electrons. The van der Waals surface area contributed by atoms with Crippen molar-refractivity contribution in [2.45, 2.75) is 32.4 Å². The van der Waals surface area contributed by atoms with Gasteiger partial charge in [0.05, 0.1) is 6.04 Å². The molecule has 0 N–H and O–H groups in total. The fraction of sp³-hybridized carbons (Fsp3) is 0.571. The van der Waals surface area contributed by atoms with Crippen LogP contribution in [0, 0.1) is 12.8 Å². The Kier molecular flexibility index (Phi) is 2.70. The molecule has 4 nitrogen and oxygen atoms in total. The van der Waals surface area contributed by atoms with E-state index >= 15 is 0 Å². The highest BCUT2D eigenvalue weighted by Crippen LogP contribution is 2.37. The third-order valence-corrected chi connectivity index (χ3v) is 5.31. The molecule has 2 aliphatic heterocycles. The molecule has 0 amide bonds. The van der Waals surface area contributed by atoms with E-state index in [0.29, 0.717) is 6.04 Å². The van der Waals surface area contributed by atoms with Crippen LogP contribution in [0.3, 0.4) is 0 Å². The molecule has 2 atom stereocenters. The van der Waals surface area contributed by atoms with E-state index in [1.54, 1.807) is 0 Å². The Hall–Kier alpha value is -1.20. The Morgan fingerprint density at radius 2 is 2.32 bits per heavy atom. The standard InChI is InChI=1S/C14H18N4S/c1-10-15-16-14-5-4-11-7-17(9-13(11)18(10)14)8-12-3-2-6-19-12/h2-3,6,11,13H,4-5,7-9H2,1H3/t11-,13+/m1/s1. The van der Waals surface area contributed by atoms with Gasteiger partial charge in [-0.2, -0.15) is 0 Å². The first-order chi connectivity index (χ1) is 9.31. The Morgan fingerprint density at radius 3 is 3.16 bits per heavy atom. The molecule has 19 heavy (non-hydrogen) atoms. The van der Waals surface area contributed by atoms with Crippen LogP contribution < -0.4 is 0 Å². The number of thiophene rings is 1. The van der Waals surface area contributed by atoms with Gasteiger partial charge in [-0.3, -0.25) is 4.90 Å². The first kappa shape index (κ1) is 11.6. The topological polar surface area (TPSA) is 34.0 Å². The lowest BCUT2D eigenvalue weighted by Gasteiger charge is -2.27. The summed E-state index contributed by atoms with van der Waals surface area (Å²) in [6.07, 6.45) is 2.36. The summed E-state index contributed by atoms with van der Waals surface area (Å²) in [5.41, 5.74) is 0. The smallest absolute Gasteiger partial charge is 0.133 e. The zero-order chi connectivity index (χ0) is 12.8. The quantitative estimate of drug-likeness (QED) is 0.842. The minimum absolute atomic E-state index is 0.596. The summed E-state index contributed by atoms with van der Waals surface area (Å²) in [4.78, 5) is 4.06. The highest BCUT2D eigenvalue weighted by atomic mass is 32.1. The number of hydrogen-bond acceptors (Lipinski definition) is 4. The SMILES string of the molecule is Cc1nnc2n1[C@H]1CN(Cc3cccs3)C[C@H]1CC2. The molecule has 1 fully saturated rings. The van der Waals surface area contributed by atoms with Crippen molar-refractivity contribution >= 4 is 11.3 Å². The van der Waals surface area contributed by atoms with E-state index < -0.39 is 0 Å². The Morgan fingerprint density at radius 1 is 1.37 bits per heavy atom. The molecule has 1 saturated heterocycles. The summed E-state index contributed by atoms with van der Waals surface area (Å²) in [6.45, 7) is 5.55. The second-order valence-electron chi connectivity index (χ2n) is 5.67. The molecule has 0 aliphatic carbocycles. The number of rotatable bonds is 2. The lowest BCUT2D eigenvalue weighted by Crippen LogP contribution is -2.26. The number of fused-ring (bicyclic) bond motifs is 3. The number of hydrogen-bond donors (Lipinski definition) is 0. The molecular weight excluding hydrogens is 256 g/mol. The monoisotopic (exact) mass is 274 g/mol. The van der Waals surface area contributed by atoms with Crippen LogP contribution in [-0.2, 0) is 13.0 Å². The lowest BCUT2D eigenvalue weighted by molar-refractivity contribution is 0.316. The maximum Gasteiger partial charge on any atom is 0.133 e. The summed E-state index contributed by atoms with van der Waals surface area (Å²) < 4.78 is 2.39. The predicted molar refractivity (Wildman–Crippen MR) is 75.2 cm³/mol. The largest absolute Gasteiger partial charge is 0.310 e. The molecular formula is C14H18N4S. The van der Waals surface area contributed by atoms with Crippen molar-refractivity contribution < 1.29 is 0 Å². The first-order valence-electron chi connectivity index (χ1n) is 6.96. The summed E-state index contributed by atoms with van der Waals surface area (Å²) in [7, 11) is 0. The minimum atomic E-state index is 0.596. The average Bonchev–Trinajstić information content (AvgIpc) is 3.09. The van der Waals surface area contributed by atoms with E-state index in [-0.39, 0.29) is 0 Å². The van der Waals surface area contributed by atoms with Crippen molar-refractivity contribution in [3.8, 4) is 0 Å². The highest BCUT2D eigenvalue weighted by molar-refractivity contribution is 7.09. The number of aromatic nitrogens is 3. The summed E-state index contributed by atoms with van der Waals surface area (Å²) in [5, 5.41) is 10.7. The molecule has 0 radical (unpaired) electrons. The molecule has 5 heteroatoms. The zero-order valence-electron chi connectivity index (χ0n) is 11.1. The highest BCUT2D eigenvalue weighted by Gasteiger charge is 2.38. The van der Waals surface area contributed by atoms with E-state index in [0.717, 1.165) is 31.3 Å². The second-order valence-corrected chi connectivity index (χ2v) is 6.71. The molecule has 0 spiro atoms. The van der Waals surface area contributed by atoms with Crippen molar-refractivity contribution in [1.29, 1.82) is 0 Å². The molecule has 4 rings (SSSR count). The average molecular weight is 274 g/mol. The molecule has 2 aliphatic rings. The van der Waals surface area contributed by atoms with E-state index in [4.69, 9.17) is 0 Å². The third kappa shape index (κ3) is 1.92. The molecule has 0 aromatic carbocycles. The van der Waals surface area contributed by atoms with Crippen molar-refractivity contribution in [3.05, 3.63) is 34.0 Å². The van der Waals surface area contributed by atoms with E-state index in [2.05, 4.69) is 44.1 Å². The number of aryl methyl sites for hydroxylation is 2. The van der Waals surface area contributed by atoms with Crippen molar-refractivity contribution in [1.82, 2.24) is 19.7 Å². The van der Waals surface area contributed by atoms with Gasteiger partial charge in [-0.05, 0) is 30.7 Å². The number of nitrogens with zero attached hydrogens (tertiary/aromatic N) is 4. The van der Waals surface area contributed by atoms with E-state index in [9.17, 15) is 0 Å². The maximum atomic E-state index is 4.31. The fourth-order valence-electron chi connectivity index (χ4n) is 3.60. The van der Waals surface area contributed by atoms with Crippen LogP contribution in [-0.4, -0.2) is 32.8 Å². The second kappa shape index (κ2) is 4.42. The van der Waals surface area contributed by atoms with Gasteiger partial charge in [0.2, 0.25) is 0 Å². The lowest BCUT2D eigenvalue weighted by atomic mass is 9.94. The van der Waals surface area contributed by atoms with Gasteiger partial charge < -0.3 is 4.57 Å². The van der Waals surface area contributed by atoms with Gasteiger partial charge >= 0.3 is 0 Å². The van der Waals surface area contributed by atoms with Gasteiger partial charge in [0.25, 0.3) is 0 Å². The van der Waals surface area contributed by atoms with Crippen LogP contribution in [0.4, 0.5) is 0 Å². The number of likely N-dealkylation sites (tertiary alicyclic amines) is 1. The van der Waals surface area contributed by atoms with Gasteiger partial charge in [-0.25, -0.2) is 0 Å². The summed E-state index contributed by atoms with van der Waals surface area (Å²) in [6, 6.07) is 4.98. The van der Waals surface area contributed by atoms with Gasteiger partial charge in [-0.1, -0.05) is 6.07 Å². The van der Waals surface area contributed by atoms with E-state index in [1.165, 1.54) is 23.7 Å². The Bertz CT molecular complexity index is 574. The van der Waals surface area contributed by atoms with Crippen molar-refractivity contribution in [3.63, 3.8) is 0 Å². The zero-order valence-corrected chi connectivity index (χ0v) is 11.9. The van der Waals surface area contributed by atoms with Crippen molar-refractivity contribution in [2.75, 3.05) is 13.1 Å². The Labute approximate surface area is 117 Å². The van der Waals surface area contributed by atoms with Gasteiger partial charge in [0.1, 0.15) is 11.6 Å². The normalized spacial score (nSPS) is 26.4. The molecule has 0 saturated carbocycles. The Balaban J connectivity index is 1.56. The van der Waals surface area contributed by atoms with Crippen LogP contribution in [0.15, 0.2) is 17.5 Å². The van der Waals surface area contributed by atoms with E-state index in [1.807, 2.05) is 11.3 Å². The summed E-state index contributed by atoms with van der Waals surface area (Å²) >= 11 is 1.86. The fourth-order valence-corrected chi connectivity index (χ4v) is 4.35.